The smallest absolute Gasteiger partial charge is 0.270 e. The third kappa shape index (κ3) is 5.12. The number of hydrogen-bond donors (Lipinski definition) is 0. The highest BCUT2D eigenvalue weighted by Gasteiger charge is 2.38. The second kappa shape index (κ2) is 10.9. The first-order valence-corrected chi connectivity index (χ1v) is 13.3. The number of aromatic nitrogens is 4. The van der Waals surface area contributed by atoms with Crippen molar-refractivity contribution in [1.82, 2.24) is 24.4 Å². The zero-order chi connectivity index (χ0) is 27.7. The summed E-state index contributed by atoms with van der Waals surface area (Å²) in [7, 11) is 1.73. The Kier molecular flexibility index (Phi) is 7.40. The van der Waals surface area contributed by atoms with Gasteiger partial charge in [0.25, 0.3) is 11.4 Å². The van der Waals surface area contributed by atoms with Gasteiger partial charge in [0.1, 0.15) is 11.6 Å². The monoisotopic (exact) mass is 525 g/mol. The van der Waals surface area contributed by atoms with Gasteiger partial charge in [-0.2, -0.15) is 0 Å². The van der Waals surface area contributed by atoms with Crippen LogP contribution in [-0.2, 0) is 7.05 Å². The molecule has 1 aliphatic heterocycles. The Hall–Kier alpha value is -4.16. The van der Waals surface area contributed by atoms with Gasteiger partial charge >= 0.3 is 0 Å². The molecule has 1 saturated heterocycles. The van der Waals surface area contributed by atoms with Gasteiger partial charge in [-0.15, -0.1) is 4.98 Å². The van der Waals surface area contributed by atoms with Crippen molar-refractivity contribution in [3.63, 3.8) is 0 Å². The van der Waals surface area contributed by atoms with Crippen molar-refractivity contribution in [3.05, 3.63) is 99.4 Å². The van der Waals surface area contributed by atoms with E-state index in [0.29, 0.717) is 35.8 Å². The standard InChI is InChI=1S/C30H32FN7O/c1-6-7-23-18-37(26-16-28(39)36(5)25-12-13-27(32-4)35-29(25)26)19(2)17-38(23)30(21-8-10-22(31)11-9-21)24-14-15-33-20(3)34-24/h8-16,19,23,30H,6-7,17-18H2,1-3,5H3/t19-,23+,30?/m0/s1. The molecule has 8 nitrogen and oxygen atoms in total. The van der Waals surface area contributed by atoms with Crippen LogP contribution >= 0.6 is 0 Å². The van der Waals surface area contributed by atoms with Crippen LogP contribution in [0.5, 0.6) is 0 Å². The molecule has 1 fully saturated rings. The fraction of sp³-hybridized carbons (Fsp3) is 0.367. The SMILES string of the molecule is [C-]#[N+]c1ccc2c(n1)c(N1C[C@@H](CCC)N(C(c3ccc(F)cc3)c3ccnc(C)n3)C[C@@H]1C)cc(=O)n2C. The number of benzene rings is 1. The van der Waals surface area contributed by atoms with Gasteiger partial charge in [0.2, 0.25) is 5.52 Å². The highest BCUT2D eigenvalue weighted by atomic mass is 19.1. The third-order valence-electron chi connectivity index (χ3n) is 7.58. The molecule has 0 aliphatic carbocycles. The lowest BCUT2D eigenvalue weighted by Gasteiger charge is -2.49. The number of hydrogen-bond acceptors (Lipinski definition) is 6. The quantitative estimate of drug-likeness (QED) is 0.323. The van der Waals surface area contributed by atoms with Crippen LogP contribution in [0, 0.1) is 19.3 Å². The minimum absolute atomic E-state index is 0.0256. The molecule has 4 heterocycles. The van der Waals surface area contributed by atoms with E-state index in [4.69, 9.17) is 11.6 Å². The van der Waals surface area contributed by atoms with E-state index < -0.39 is 0 Å². The van der Waals surface area contributed by atoms with E-state index in [9.17, 15) is 9.18 Å². The van der Waals surface area contributed by atoms with Crippen molar-refractivity contribution in [1.29, 1.82) is 0 Å². The summed E-state index contributed by atoms with van der Waals surface area (Å²) in [5.74, 6) is 0.712. The molecule has 39 heavy (non-hydrogen) atoms. The summed E-state index contributed by atoms with van der Waals surface area (Å²) in [5, 5.41) is 0. The zero-order valence-electron chi connectivity index (χ0n) is 22.7. The topological polar surface area (TPSA) is 71.5 Å². The molecule has 0 radical (unpaired) electrons. The van der Waals surface area contributed by atoms with E-state index >= 15 is 0 Å². The van der Waals surface area contributed by atoms with Gasteiger partial charge in [-0.25, -0.2) is 14.4 Å². The van der Waals surface area contributed by atoms with E-state index in [1.807, 2.05) is 25.1 Å². The summed E-state index contributed by atoms with van der Waals surface area (Å²) in [6, 6.07) is 13.7. The molecule has 1 aromatic carbocycles. The lowest BCUT2D eigenvalue weighted by Crippen LogP contribution is -2.58. The molecule has 4 aromatic rings. The average molecular weight is 526 g/mol. The molecule has 9 heteroatoms. The molecular weight excluding hydrogens is 493 g/mol. The summed E-state index contributed by atoms with van der Waals surface area (Å²) >= 11 is 0. The molecule has 1 unspecified atom stereocenters. The number of anilines is 1. The van der Waals surface area contributed by atoms with Crippen LogP contribution in [0.2, 0.25) is 0 Å². The number of halogens is 1. The van der Waals surface area contributed by atoms with Gasteiger partial charge in [0.05, 0.1) is 22.9 Å². The van der Waals surface area contributed by atoms with Gasteiger partial charge in [0.15, 0.2) is 0 Å². The predicted octanol–water partition coefficient (Wildman–Crippen LogP) is 5.19. The highest BCUT2D eigenvalue weighted by Crippen LogP contribution is 2.36. The lowest BCUT2D eigenvalue weighted by molar-refractivity contribution is 0.110. The van der Waals surface area contributed by atoms with Crippen LogP contribution < -0.4 is 10.5 Å². The molecule has 200 valence electrons. The maximum Gasteiger partial charge on any atom is 0.270 e. The van der Waals surface area contributed by atoms with Crippen LogP contribution in [0.4, 0.5) is 15.9 Å². The van der Waals surface area contributed by atoms with E-state index in [2.05, 4.69) is 38.5 Å². The average Bonchev–Trinajstić information content (AvgIpc) is 2.93. The summed E-state index contributed by atoms with van der Waals surface area (Å²) in [4.78, 5) is 34.9. The number of fused-ring (bicyclic) bond motifs is 1. The molecule has 0 amide bonds. The Labute approximate surface area is 227 Å². The van der Waals surface area contributed by atoms with Crippen molar-refractivity contribution >= 4 is 22.5 Å². The van der Waals surface area contributed by atoms with Gasteiger partial charge in [-0.3, -0.25) is 9.69 Å². The summed E-state index contributed by atoms with van der Waals surface area (Å²) in [6.07, 6.45) is 3.67. The third-order valence-corrected chi connectivity index (χ3v) is 7.58. The van der Waals surface area contributed by atoms with Crippen LogP contribution in [0.1, 0.15) is 49.8 Å². The summed E-state index contributed by atoms with van der Waals surface area (Å²) in [5.41, 5.74) is 3.84. The van der Waals surface area contributed by atoms with Crippen molar-refractivity contribution in [3.8, 4) is 0 Å². The molecule has 1 aliphatic rings. The van der Waals surface area contributed by atoms with E-state index in [1.165, 1.54) is 12.1 Å². The highest BCUT2D eigenvalue weighted by molar-refractivity contribution is 5.89. The lowest BCUT2D eigenvalue weighted by atomic mass is 9.94. The molecule has 0 saturated carbocycles. The van der Waals surface area contributed by atoms with E-state index in [1.54, 1.807) is 36.0 Å². The Morgan fingerprint density at radius 2 is 1.90 bits per heavy atom. The largest absolute Gasteiger partial charge is 0.362 e. The Balaban J connectivity index is 1.60. The van der Waals surface area contributed by atoms with Gasteiger partial charge in [-0.05, 0) is 56.2 Å². The Bertz CT molecular complexity index is 1590. The molecule has 5 rings (SSSR count). The molecular formula is C30H32FN7O. The van der Waals surface area contributed by atoms with Crippen LogP contribution in [-0.4, -0.2) is 49.6 Å². The Morgan fingerprint density at radius 1 is 1.13 bits per heavy atom. The molecule has 0 bridgehead atoms. The summed E-state index contributed by atoms with van der Waals surface area (Å²) < 4.78 is 15.5. The van der Waals surface area contributed by atoms with Crippen LogP contribution in [0.15, 0.2) is 59.5 Å². The second-order valence-electron chi connectivity index (χ2n) is 10.2. The fourth-order valence-electron chi connectivity index (χ4n) is 5.69. The predicted molar refractivity (Wildman–Crippen MR) is 150 cm³/mol. The normalized spacial score (nSPS) is 18.7. The summed E-state index contributed by atoms with van der Waals surface area (Å²) in [6.45, 7) is 15.0. The molecule has 0 N–H and O–H groups in total. The van der Waals surface area contributed by atoms with Gasteiger partial charge in [0, 0.05) is 44.5 Å². The first kappa shape index (κ1) is 26.4. The minimum Gasteiger partial charge on any atom is -0.362 e. The van der Waals surface area contributed by atoms with E-state index in [-0.39, 0.29) is 29.5 Å². The van der Waals surface area contributed by atoms with Crippen LogP contribution in [0.3, 0.4) is 0 Å². The van der Waals surface area contributed by atoms with E-state index in [0.717, 1.165) is 29.8 Å². The maximum absolute atomic E-state index is 13.9. The number of aryl methyl sites for hydroxylation is 2. The zero-order valence-corrected chi connectivity index (χ0v) is 22.7. The van der Waals surface area contributed by atoms with Crippen molar-refractivity contribution in [2.45, 2.75) is 51.7 Å². The molecule has 3 atom stereocenters. The number of rotatable bonds is 6. The first-order valence-electron chi connectivity index (χ1n) is 13.3. The minimum atomic E-state index is -0.275. The van der Waals surface area contributed by atoms with Crippen molar-refractivity contribution in [2.24, 2.45) is 7.05 Å². The second-order valence-corrected chi connectivity index (χ2v) is 10.2. The van der Waals surface area contributed by atoms with Gasteiger partial charge < -0.3 is 14.3 Å². The van der Waals surface area contributed by atoms with Crippen LogP contribution in [0.25, 0.3) is 15.9 Å². The molecule has 0 spiro atoms. The maximum atomic E-state index is 13.9. The first-order chi connectivity index (χ1) is 18.8. The Morgan fingerprint density at radius 3 is 2.59 bits per heavy atom. The van der Waals surface area contributed by atoms with Crippen molar-refractivity contribution in [2.75, 3.05) is 18.0 Å². The molecule has 3 aromatic heterocycles. The van der Waals surface area contributed by atoms with Gasteiger partial charge in [-0.1, -0.05) is 32.0 Å². The van der Waals surface area contributed by atoms with Crippen molar-refractivity contribution < 1.29 is 4.39 Å². The number of nitrogens with zero attached hydrogens (tertiary/aromatic N) is 7. The number of pyridine rings is 2. The fourth-order valence-corrected chi connectivity index (χ4v) is 5.69. The number of piperazine rings is 1.